The molecule has 4 heteroatoms. The van der Waals surface area contributed by atoms with E-state index < -0.39 is 6.03 Å². The van der Waals surface area contributed by atoms with E-state index in [-0.39, 0.29) is 0 Å². The van der Waals surface area contributed by atoms with Crippen LogP contribution in [0.25, 0.3) is 0 Å². The van der Waals surface area contributed by atoms with Crippen molar-refractivity contribution >= 4 is 11.7 Å². The van der Waals surface area contributed by atoms with E-state index in [9.17, 15) is 4.79 Å². The van der Waals surface area contributed by atoms with E-state index >= 15 is 0 Å². The van der Waals surface area contributed by atoms with Crippen LogP contribution in [0.1, 0.15) is 12.8 Å². The molecule has 0 unspecified atom stereocenters. The molecule has 12 heavy (non-hydrogen) atoms. The maximum absolute atomic E-state index is 10.3. The molecule has 2 aliphatic carbocycles. The zero-order chi connectivity index (χ0) is 8.55. The molecule has 3 N–H and O–H groups in total. The van der Waals surface area contributed by atoms with Crippen molar-refractivity contribution in [2.75, 3.05) is 0 Å². The summed E-state index contributed by atoms with van der Waals surface area (Å²) >= 11 is 0. The Bertz CT molecular complexity index is 269. The molecular formula is C8H11N3O. The van der Waals surface area contributed by atoms with Gasteiger partial charge in [0.1, 0.15) is 0 Å². The molecule has 0 aromatic rings. The summed E-state index contributed by atoms with van der Waals surface area (Å²) < 4.78 is 0. The smallest absolute Gasteiger partial charge is 0.332 e. The van der Waals surface area contributed by atoms with Gasteiger partial charge in [0.15, 0.2) is 0 Å². The summed E-state index contributed by atoms with van der Waals surface area (Å²) in [5.41, 5.74) is 8.22. The molecule has 2 amide bonds. The van der Waals surface area contributed by atoms with E-state index in [4.69, 9.17) is 5.73 Å². The van der Waals surface area contributed by atoms with Crippen molar-refractivity contribution in [2.45, 2.75) is 12.8 Å². The van der Waals surface area contributed by atoms with Crippen LogP contribution >= 0.6 is 0 Å². The van der Waals surface area contributed by atoms with Gasteiger partial charge in [0, 0.05) is 11.6 Å². The number of rotatable bonds is 1. The Morgan fingerprint density at radius 2 is 2.58 bits per heavy atom. The number of nitrogens with one attached hydrogen (secondary N) is 1. The molecule has 0 bridgehead atoms. The van der Waals surface area contributed by atoms with Crippen molar-refractivity contribution in [3.63, 3.8) is 0 Å². The summed E-state index contributed by atoms with van der Waals surface area (Å²) in [4.78, 5) is 10.3. The minimum atomic E-state index is -0.586. The summed E-state index contributed by atoms with van der Waals surface area (Å²) in [5, 5.41) is 3.92. The van der Waals surface area contributed by atoms with Crippen LogP contribution in [0.3, 0.4) is 0 Å². The molecule has 2 aliphatic rings. The van der Waals surface area contributed by atoms with Crippen molar-refractivity contribution in [3.05, 3.63) is 12.2 Å². The van der Waals surface area contributed by atoms with Crippen LogP contribution in [-0.4, -0.2) is 11.7 Å². The number of nitrogens with two attached hydrogens (primary N) is 1. The Labute approximate surface area is 70.5 Å². The Kier molecular flexibility index (Phi) is 1.60. The fraction of sp³-hybridized carbons (Fsp3) is 0.500. The molecule has 0 spiro atoms. The van der Waals surface area contributed by atoms with Gasteiger partial charge in [0.25, 0.3) is 0 Å². The number of carbonyl (C=O) groups is 1. The SMILES string of the molecule is NC(=O)N/N=C1\C[C@@H]2C=CC[C@@H]12. The van der Waals surface area contributed by atoms with Gasteiger partial charge < -0.3 is 5.73 Å². The summed E-state index contributed by atoms with van der Waals surface area (Å²) in [6, 6.07) is -0.586. The lowest BCUT2D eigenvalue weighted by Crippen LogP contribution is -2.36. The van der Waals surface area contributed by atoms with Crippen molar-refractivity contribution in [1.29, 1.82) is 0 Å². The number of amides is 2. The molecule has 2 atom stereocenters. The number of urea groups is 1. The van der Waals surface area contributed by atoms with E-state index in [0.717, 1.165) is 18.6 Å². The van der Waals surface area contributed by atoms with E-state index in [2.05, 4.69) is 22.7 Å². The van der Waals surface area contributed by atoms with Crippen LogP contribution in [0.15, 0.2) is 17.3 Å². The van der Waals surface area contributed by atoms with Crippen LogP contribution in [0, 0.1) is 11.8 Å². The topological polar surface area (TPSA) is 67.5 Å². The van der Waals surface area contributed by atoms with E-state index in [1.807, 2.05) is 0 Å². The van der Waals surface area contributed by atoms with Crippen molar-refractivity contribution < 1.29 is 4.79 Å². The first kappa shape index (κ1) is 7.34. The van der Waals surface area contributed by atoms with Crippen LogP contribution in [0.2, 0.25) is 0 Å². The minimum absolute atomic E-state index is 0.539. The number of fused-ring (bicyclic) bond motifs is 1. The fourth-order valence-electron chi connectivity index (χ4n) is 1.79. The van der Waals surface area contributed by atoms with Gasteiger partial charge in [-0.2, -0.15) is 5.10 Å². The van der Waals surface area contributed by atoms with Crippen molar-refractivity contribution in [3.8, 4) is 0 Å². The fourth-order valence-corrected chi connectivity index (χ4v) is 1.79. The molecule has 1 fully saturated rings. The molecule has 1 saturated carbocycles. The van der Waals surface area contributed by atoms with Gasteiger partial charge in [-0.15, -0.1) is 0 Å². The van der Waals surface area contributed by atoms with Crippen LogP contribution in [0.5, 0.6) is 0 Å². The summed E-state index contributed by atoms with van der Waals surface area (Å²) in [7, 11) is 0. The normalized spacial score (nSPS) is 34.5. The van der Waals surface area contributed by atoms with E-state index in [1.165, 1.54) is 0 Å². The molecule has 0 aromatic heterocycles. The van der Waals surface area contributed by atoms with Gasteiger partial charge in [-0.25, -0.2) is 10.2 Å². The number of hydrogen-bond acceptors (Lipinski definition) is 2. The Balaban J connectivity index is 1.92. The molecule has 0 heterocycles. The number of allylic oxidation sites excluding steroid dienone is 2. The van der Waals surface area contributed by atoms with Crippen molar-refractivity contribution in [2.24, 2.45) is 22.7 Å². The number of hydrogen-bond donors (Lipinski definition) is 2. The maximum atomic E-state index is 10.3. The first-order valence-corrected chi connectivity index (χ1v) is 4.06. The Hall–Kier alpha value is -1.32. The zero-order valence-corrected chi connectivity index (χ0v) is 6.66. The predicted octanol–water partition coefficient (Wildman–Crippen LogP) is 0.607. The molecule has 64 valence electrons. The highest BCUT2D eigenvalue weighted by molar-refractivity contribution is 5.94. The van der Waals surface area contributed by atoms with Crippen LogP contribution < -0.4 is 11.2 Å². The second kappa shape index (κ2) is 2.62. The molecule has 0 aliphatic heterocycles. The lowest BCUT2D eigenvalue weighted by atomic mass is 9.74. The number of primary amides is 1. The molecule has 0 aromatic carbocycles. The summed E-state index contributed by atoms with van der Waals surface area (Å²) in [6.45, 7) is 0. The molecular weight excluding hydrogens is 154 g/mol. The summed E-state index contributed by atoms with van der Waals surface area (Å²) in [5.74, 6) is 1.20. The van der Waals surface area contributed by atoms with E-state index in [0.29, 0.717) is 11.8 Å². The predicted molar refractivity (Wildman–Crippen MR) is 45.5 cm³/mol. The van der Waals surface area contributed by atoms with Gasteiger partial charge in [0.05, 0.1) is 0 Å². The second-order valence-electron chi connectivity index (χ2n) is 3.22. The third-order valence-corrected chi connectivity index (χ3v) is 2.47. The number of carbonyl (C=O) groups excluding carboxylic acids is 1. The lowest BCUT2D eigenvalue weighted by molar-refractivity contribution is 0.249. The average molecular weight is 165 g/mol. The highest BCUT2D eigenvalue weighted by Gasteiger charge is 2.37. The van der Waals surface area contributed by atoms with Gasteiger partial charge in [-0.05, 0) is 18.8 Å². The Morgan fingerprint density at radius 3 is 3.25 bits per heavy atom. The maximum Gasteiger partial charge on any atom is 0.332 e. The monoisotopic (exact) mass is 165 g/mol. The molecule has 4 nitrogen and oxygen atoms in total. The first-order chi connectivity index (χ1) is 5.77. The van der Waals surface area contributed by atoms with Crippen LogP contribution in [-0.2, 0) is 0 Å². The first-order valence-electron chi connectivity index (χ1n) is 4.06. The highest BCUT2D eigenvalue weighted by Crippen LogP contribution is 2.39. The largest absolute Gasteiger partial charge is 0.350 e. The van der Waals surface area contributed by atoms with Gasteiger partial charge in [-0.1, -0.05) is 12.2 Å². The van der Waals surface area contributed by atoms with Gasteiger partial charge >= 0.3 is 6.03 Å². The average Bonchev–Trinajstić information content (AvgIpc) is 2.32. The number of nitrogens with zero attached hydrogens (tertiary/aromatic N) is 1. The quantitative estimate of drug-likeness (QED) is 0.433. The van der Waals surface area contributed by atoms with E-state index in [1.54, 1.807) is 0 Å². The molecule has 2 rings (SSSR count). The standard InChI is InChI=1S/C8H11N3O/c9-8(12)11-10-7-4-5-2-1-3-6(5)7/h1-2,5-6H,3-4H2,(H3,9,11,12)/b10-7+/t5-,6+/m0/s1. The Morgan fingerprint density at radius 1 is 1.75 bits per heavy atom. The second-order valence-corrected chi connectivity index (χ2v) is 3.22. The highest BCUT2D eigenvalue weighted by atomic mass is 16.2. The zero-order valence-electron chi connectivity index (χ0n) is 6.66. The van der Waals surface area contributed by atoms with Gasteiger partial charge in [-0.3, -0.25) is 0 Å². The summed E-state index contributed by atoms with van der Waals surface area (Å²) in [6.07, 6.45) is 6.42. The van der Waals surface area contributed by atoms with Crippen LogP contribution in [0.4, 0.5) is 4.79 Å². The lowest BCUT2D eigenvalue weighted by Gasteiger charge is -2.31. The third-order valence-electron chi connectivity index (χ3n) is 2.47. The number of hydrazone groups is 1. The van der Waals surface area contributed by atoms with Gasteiger partial charge in [0.2, 0.25) is 0 Å². The van der Waals surface area contributed by atoms with Crippen molar-refractivity contribution in [1.82, 2.24) is 5.43 Å². The molecule has 0 radical (unpaired) electrons. The minimum Gasteiger partial charge on any atom is -0.350 e. The molecule has 0 saturated heterocycles. The third kappa shape index (κ3) is 1.09.